The van der Waals surface area contributed by atoms with Crippen molar-refractivity contribution < 1.29 is 5.11 Å². The van der Waals surface area contributed by atoms with Gasteiger partial charge in [0.2, 0.25) is 0 Å². The number of nitrogen functional groups attached to an aromatic ring is 1. The Hall–Kier alpha value is -1.39. The molecule has 1 saturated carbocycles. The van der Waals surface area contributed by atoms with Crippen molar-refractivity contribution in [2.75, 3.05) is 5.73 Å². The summed E-state index contributed by atoms with van der Waals surface area (Å²) in [7, 11) is 0. The van der Waals surface area contributed by atoms with Crippen molar-refractivity contribution in [2.45, 2.75) is 51.3 Å². The van der Waals surface area contributed by atoms with Crippen LogP contribution in [-0.2, 0) is 6.54 Å². The average molecular weight is 261 g/mol. The lowest BCUT2D eigenvalue weighted by molar-refractivity contribution is 0.0902. The van der Waals surface area contributed by atoms with Crippen molar-refractivity contribution in [2.24, 2.45) is 0 Å². The predicted molar refractivity (Wildman–Crippen MR) is 78.5 cm³/mol. The zero-order valence-electron chi connectivity index (χ0n) is 11.4. The van der Waals surface area contributed by atoms with Gasteiger partial charge in [-0.1, -0.05) is 18.9 Å². The van der Waals surface area contributed by atoms with E-state index in [0.29, 0.717) is 17.9 Å². The second-order valence-electron chi connectivity index (χ2n) is 5.39. The van der Waals surface area contributed by atoms with Crippen LogP contribution in [0.25, 0.3) is 0 Å². The first kappa shape index (κ1) is 14.0. The van der Waals surface area contributed by atoms with E-state index < -0.39 is 0 Å². The van der Waals surface area contributed by atoms with Gasteiger partial charge in [0.05, 0.1) is 6.10 Å². The Labute approximate surface area is 114 Å². The number of nitrogens with one attached hydrogen (secondary N) is 2. The zero-order chi connectivity index (χ0) is 13.8. The highest BCUT2D eigenvalue weighted by atomic mass is 16.3. The second kappa shape index (κ2) is 6.17. The monoisotopic (exact) mass is 261 g/mol. The third kappa shape index (κ3) is 3.55. The lowest BCUT2D eigenvalue weighted by Crippen LogP contribution is -2.41. The standard InChI is InChI=1S/C15H23N3O/c1-10(16)12-8-11(6-7-13(12)17)9-18-14-4-2-3-5-15(14)19/h6-8,14-16,18-19H,2-5,9,17H2,1H3. The van der Waals surface area contributed by atoms with Gasteiger partial charge >= 0.3 is 0 Å². The molecule has 0 aromatic heterocycles. The molecular formula is C15H23N3O. The Bertz CT molecular complexity index is 459. The maximum atomic E-state index is 9.92. The molecule has 0 amide bonds. The van der Waals surface area contributed by atoms with Crippen LogP contribution >= 0.6 is 0 Å². The summed E-state index contributed by atoms with van der Waals surface area (Å²) < 4.78 is 0. The Morgan fingerprint density at radius 3 is 2.84 bits per heavy atom. The maximum Gasteiger partial charge on any atom is 0.0693 e. The summed E-state index contributed by atoms with van der Waals surface area (Å²) in [5.41, 5.74) is 8.88. The first-order valence-corrected chi connectivity index (χ1v) is 6.93. The number of nitrogens with two attached hydrogens (primary N) is 1. The number of rotatable bonds is 4. The summed E-state index contributed by atoms with van der Waals surface area (Å²) >= 11 is 0. The van der Waals surface area contributed by atoms with Gasteiger partial charge in [-0.25, -0.2) is 0 Å². The Morgan fingerprint density at radius 1 is 1.42 bits per heavy atom. The highest BCUT2D eigenvalue weighted by Gasteiger charge is 2.22. The molecule has 1 aromatic carbocycles. The van der Waals surface area contributed by atoms with Gasteiger partial charge in [0.1, 0.15) is 0 Å². The van der Waals surface area contributed by atoms with E-state index in [2.05, 4.69) is 5.32 Å². The van der Waals surface area contributed by atoms with Gasteiger partial charge < -0.3 is 21.6 Å². The largest absolute Gasteiger partial charge is 0.398 e. The zero-order valence-corrected chi connectivity index (χ0v) is 11.4. The number of aliphatic hydroxyl groups excluding tert-OH is 1. The van der Waals surface area contributed by atoms with Crippen LogP contribution in [0.1, 0.15) is 43.7 Å². The van der Waals surface area contributed by atoms with Crippen LogP contribution in [0.2, 0.25) is 0 Å². The quantitative estimate of drug-likeness (QED) is 0.494. The molecule has 1 fully saturated rings. The summed E-state index contributed by atoms with van der Waals surface area (Å²) in [5, 5.41) is 21.0. The van der Waals surface area contributed by atoms with E-state index in [4.69, 9.17) is 11.1 Å². The topological polar surface area (TPSA) is 82.1 Å². The first-order chi connectivity index (χ1) is 9.08. The van der Waals surface area contributed by atoms with Crippen LogP contribution < -0.4 is 11.1 Å². The Kier molecular flexibility index (Phi) is 4.56. The molecule has 0 spiro atoms. The minimum atomic E-state index is -0.230. The molecule has 5 N–H and O–H groups in total. The first-order valence-electron chi connectivity index (χ1n) is 6.93. The normalized spacial score (nSPS) is 23.3. The van der Waals surface area contributed by atoms with Gasteiger partial charge in [0.15, 0.2) is 0 Å². The van der Waals surface area contributed by atoms with Crippen molar-refractivity contribution in [1.82, 2.24) is 5.32 Å². The third-order valence-electron chi connectivity index (χ3n) is 3.82. The summed E-state index contributed by atoms with van der Waals surface area (Å²) in [6.45, 7) is 2.45. The van der Waals surface area contributed by atoms with E-state index in [0.717, 1.165) is 30.4 Å². The van der Waals surface area contributed by atoms with Crippen LogP contribution in [0, 0.1) is 5.41 Å². The van der Waals surface area contributed by atoms with E-state index in [1.54, 1.807) is 6.92 Å². The fourth-order valence-electron chi connectivity index (χ4n) is 2.64. The highest BCUT2D eigenvalue weighted by molar-refractivity contribution is 6.01. The molecule has 0 heterocycles. The van der Waals surface area contributed by atoms with E-state index >= 15 is 0 Å². The second-order valence-corrected chi connectivity index (χ2v) is 5.39. The van der Waals surface area contributed by atoms with Crippen molar-refractivity contribution in [3.63, 3.8) is 0 Å². The average Bonchev–Trinajstić information content (AvgIpc) is 2.39. The lowest BCUT2D eigenvalue weighted by Gasteiger charge is -2.28. The number of hydrogen-bond donors (Lipinski definition) is 4. The maximum absolute atomic E-state index is 9.92. The molecule has 1 aliphatic rings. The van der Waals surface area contributed by atoms with E-state index in [1.807, 2.05) is 18.2 Å². The van der Waals surface area contributed by atoms with Crippen LogP contribution in [0.15, 0.2) is 18.2 Å². The fourth-order valence-corrected chi connectivity index (χ4v) is 2.64. The molecule has 1 aromatic rings. The third-order valence-corrected chi connectivity index (χ3v) is 3.82. The molecule has 1 aliphatic carbocycles. The molecule has 4 heteroatoms. The molecule has 19 heavy (non-hydrogen) atoms. The van der Waals surface area contributed by atoms with Gasteiger partial charge in [-0.05, 0) is 37.5 Å². The molecular weight excluding hydrogens is 238 g/mol. The summed E-state index contributed by atoms with van der Waals surface area (Å²) in [5.74, 6) is 0. The van der Waals surface area contributed by atoms with Gasteiger partial charge in [0.25, 0.3) is 0 Å². The van der Waals surface area contributed by atoms with Crippen LogP contribution in [0.4, 0.5) is 5.69 Å². The van der Waals surface area contributed by atoms with Crippen LogP contribution in [0.5, 0.6) is 0 Å². The van der Waals surface area contributed by atoms with Crippen molar-refractivity contribution in [1.29, 1.82) is 5.41 Å². The minimum absolute atomic E-state index is 0.191. The molecule has 0 radical (unpaired) electrons. The van der Waals surface area contributed by atoms with Crippen molar-refractivity contribution in [3.05, 3.63) is 29.3 Å². The summed E-state index contributed by atoms with van der Waals surface area (Å²) in [6, 6.07) is 5.97. The number of anilines is 1. The van der Waals surface area contributed by atoms with Crippen molar-refractivity contribution in [3.8, 4) is 0 Å². The molecule has 2 unspecified atom stereocenters. The Morgan fingerprint density at radius 2 is 2.16 bits per heavy atom. The molecule has 4 nitrogen and oxygen atoms in total. The highest BCUT2D eigenvalue weighted by Crippen LogP contribution is 2.19. The molecule has 2 atom stereocenters. The van der Waals surface area contributed by atoms with Crippen molar-refractivity contribution >= 4 is 11.4 Å². The predicted octanol–water partition coefficient (Wildman–Crippen LogP) is 2.05. The van der Waals surface area contributed by atoms with E-state index in [-0.39, 0.29) is 12.1 Å². The van der Waals surface area contributed by atoms with E-state index in [1.165, 1.54) is 6.42 Å². The van der Waals surface area contributed by atoms with Crippen LogP contribution in [0.3, 0.4) is 0 Å². The minimum Gasteiger partial charge on any atom is -0.398 e. The van der Waals surface area contributed by atoms with Crippen LogP contribution in [-0.4, -0.2) is 23.0 Å². The summed E-state index contributed by atoms with van der Waals surface area (Å²) in [4.78, 5) is 0. The van der Waals surface area contributed by atoms with E-state index in [9.17, 15) is 5.11 Å². The summed E-state index contributed by atoms with van der Waals surface area (Å²) in [6.07, 6.45) is 4.00. The number of benzene rings is 1. The molecule has 2 rings (SSSR count). The van der Waals surface area contributed by atoms with Gasteiger partial charge in [-0.3, -0.25) is 0 Å². The fraction of sp³-hybridized carbons (Fsp3) is 0.533. The lowest BCUT2D eigenvalue weighted by atomic mass is 9.92. The number of hydrogen-bond acceptors (Lipinski definition) is 4. The smallest absolute Gasteiger partial charge is 0.0693 e. The molecule has 0 bridgehead atoms. The molecule has 104 valence electrons. The molecule has 0 saturated heterocycles. The van der Waals surface area contributed by atoms with Gasteiger partial charge in [0, 0.05) is 29.5 Å². The molecule has 0 aliphatic heterocycles. The number of aliphatic hydroxyl groups is 1. The Balaban J connectivity index is 1.99. The SMILES string of the molecule is CC(=N)c1cc(CNC2CCCCC2O)ccc1N. The van der Waals surface area contributed by atoms with Gasteiger partial charge in [-0.2, -0.15) is 0 Å². The van der Waals surface area contributed by atoms with Gasteiger partial charge in [-0.15, -0.1) is 0 Å².